The number of H-pyrrole nitrogens is 1. The average molecular weight is 264 g/mol. The number of aromatic amines is 1. The predicted octanol–water partition coefficient (Wildman–Crippen LogP) is 1.00. The number of aromatic nitrogens is 2. The highest BCUT2D eigenvalue weighted by Crippen LogP contribution is 2.23. The Hall–Kier alpha value is -1.92. The van der Waals surface area contributed by atoms with Crippen LogP contribution in [0.4, 0.5) is 0 Å². The van der Waals surface area contributed by atoms with Crippen molar-refractivity contribution in [3.05, 3.63) is 34.4 Å². The molecule has 0 aliphatic heterocycles. The van der Waals surface area contributed by atoms with E-state index in [1.54, 1.807) is 18.2 Å². The van der Waals surface area contributed by atoms with Crippen LogP contribution in [0.25, 0.3) is 10.9 Å². The van der Waals surface area contributed by atoms with Crippen LogP contribution in [0.5, 0.6) is 5.75 Å². The SMILES string of the molecule is COc1cccc2c(=O)[nH]c(C(CCO)OC)nc12. The van der Waals surface area contributed by atoms with Gasteiger partial charge >= 0.3 is 0 Å². The molecule has 1 heterocycles. The number of hydrogen-bond acceptors (Lipinski definition) is 5. The van der Waals surface area contributed by atoms with Crippen LogP contribution in [-0.4, -0.2) is 35.9 Å². The number of aliphatic hydroxyl groups is 1. The molecule has 0 fully saturated rings. The predicted molar refractivity (Wildman–Crippen MR) is 70.4 cm³/mol. The van der Waals surface area contributed by atoms with Crippen LogP contribution < -0.4 is 10.3 Å². The third-order valence-electron chi connectivity index (χ3n) is 2.92. The molecular formula is C13H16N2O4. The van der Waals surface area contributed by atoms with E-state index in [0.29, 0.717) is 28.9 Å². The number of fused-ring (bicyclic) bond motifs is 1. The van der Waals surface area contributed by atoms with Crippen molar-refractivity contribution in [1.82, 2.24) is 9.97 Å². The van der Waals surface area contributed by atoms with E-state index in [4.69, 9.17) is 14.6 Å². The van der Waals surface area contributed by atoms with E-state index in [9.17, 15) is 4.79 Å². The highest BCUT2D eigenvalue weighted by molar-refractivity contribution is 5.83. The number of nitrogens with one attached hydrogen (secondary N) is 1. The molecule has 0 spiro atoms. The molecule has 1 atom stereocenters. The quantitative estimate of drug-likeness (QED) is 0.841. The van der Waals surface area contributed by atoms with E-state index >= 15 is 0 Å². The van der Waals surface area contributed by atoms with Gasteiger partial charge in [0.1, 0.15) is 23.2 Å². The lowest BCUT2D eigenvalue weighted by atomic mass is 10.2. The number of para-hydroxylation sites is 1. The lowest BCUT2D eigenvalue weighted by molar-refractivity contribution is 0.0709. The Balaban J connectivity index is 2.62. The minimum Gasteiger partial charge on any atom is -0.494 e. The molecule has 6 nitrogen and oxygen atoms in total. The van der Waals surface area contributed by atoms with Crippen LogP contribution in [0.2, 0.25) is 0 Å². The molecule has 2 aromatic rings. The highest BCUT2D eigenvalue weighted by atomic mass is 16.5. The van der Waals surface area contributed by atoms with Gasteiger partial charge in [0.2, 0.25) is 0 Å². The van der Waals surface area contributed by atoms with E-state index in [1.807, 2.05) is 0 Å². The highest BCUT2D eigenvalue weighted by Gasteiger charge is 2.16. The van der Waals surface area contributed by atoms with E-state index in [0.717, 1.165) is 0 Å². The van der Waals surface area contributed by atoms with Crippen LogP contribution in [0.1, 0.15) is 18.3 Å². The number of methoxy groups -OCH3 is 2. The van der Waals surface area contributed by atoms with Gasteiger partial charge in [-0.3, -0.25) is 4.79 Å². The largest absolute Gasteiger partial charge is 0.494 e. The fourth-order valence-electron chi connectivity index (χ4n) is 1.95. The summed E-state index contributed by atoms with van der Waals surface area (Å²) < 4.78 is 10.4. The van der Waals surface area contributed by atoms with Gasteiger partial charge in [-0.05, 0) is 12.1 Å². The topological polar surface area (TPSA) is 84.4 Å². The maximum Gasteiger partial charge on any atom is 0.258 e. The molecule has 0 aliphatic rings. The van der Waals surface area contributed by atoms with Crippen molar-refractivity contribution in [1.29, 1.82) is 0 Å². The van der Waals surface area contributed by atoms with Crippen molar-refractivity contribution in [2.75, 3.05) is 20.8 Å². The van der Waals surface area contributed by atoms with Gasteiger partial charge in [0.25, 0.3) is 5.56 Å². The van der Waals surface area contributed by atoms with Crippen LogP contribution >= 0.6 is 0 Å². The van der Waals surface area contributed by atoms with Crippen LogP contribution in [0.15, 0.2) is 23.0 Å². The maximum absolute atomic E-state index is 12.0. The van der Waals surface area contributed by atoms with Crippen LogP contribution in [0, 0.1) is 0 Å². The minimum absolute atomic E-state index is 0.0494. The minimum atomic E-state index is -0.452. The zero-order valence-electron chi connectivity index (χ0n) is 10.8. The number of ether oxygens (including phenoxy) is 2. The van der Waals surface area contributed by atoms with E-state index in [1.165, 1.54) is 14.2 Å². The molecule has 0 saturated heterocycles. The molecule has 0 aliphatic carbocycles. The van der Waals surface area contributed by atoms with Gasteiger partial charge < -0.3 is 19.6 Å². The molecule has 1 unspecified atom stereocenters. The molecule has 0 radical (unpaired) electrons. The first kappa shape index (κ1) is 13.5. The smallest absolute Gasteiger partial charge is 0.258 e. The standard InChI is InChI=1S/C13H16N2O4/c1-18-9-5-3-4-8-11(9)14-12(15-13(8)17)10(19-2)6-7-16/h3-5,10,16H,6-7H2,1-2H3,(H,14,15,17). The molecule has 19 heavy (non-hydrogen) atoms. The summed E-state index contributed by atoms with van der Waals surface area (Å²) in [5, 5.41) is 9.45. The molecule has 1 aromatic carbocycles. The van der Waals surface area contributed by atoms with E-state index < -0.39 is 6.10 Å². The molecule has 0 amide bonds. The van der Waals surface area contributed by atoms with Crippen molar-refractivity contribution in [3.8, 4) is 5.75 Å². The first-order chi connectivity index (χ1) is 9.21. The van der Waals surface area contributed by atoms with Gasteiger partial charge in [-0.1, -0.05) is 6.07 Å². The fraction of sp³-hybridized carbons (Fsp3) is 0.385. The summed E-state index contributed by atoms with van der Waals surface area (Å²) in [7, 11) is 3.03. The van der Waals surface area contributed by atoms with Crippen LogP contribution in [-0.2, 0) is 4.74 Å². The zero-order valence-corrected chi connectivity index (χ0v) is 10.8. The fourth-order valence-corrected chi connectivity index (χ4v) is 1.95. The molecule has 1 aromatic heterocycles. The zero-order chi connectivity index (χ0) is 13.8. The summed E-state index contributed by atoms with van der Waals surface area (Å²) in [4.78, 5) is 19.1. The summed E-state index contributed by atoms with van der Waals surface area (Å²) >= 11 is 0. The van der Waals surface area contributed by atoms with Crippen molar-refractivity contribution < 1.29 is 14.6 Å². The molecule has 0 saturated carbocycles. The Bertz CT molecular complexity index is 624. The first-order valence-electron chi connectivity index (χ1n) is 5.91. The van der Waals surface area contributed by atoms with Crippen LogP contribution in [0.3, 0.4) is 0 Å². The van der Waals surface area contributed by atoms with Crippen molar-refractivity contribution in [2.24, 2.45) is 0 Å². The third kappa shape index (κ3) is 2.59. The Labute approximate surface area is 110 Å². The second-order valence-electron chi connectivity index (χ2n) is 4.04. The summed E-state index contributed by atoms with van der Waals surface area (Å²) in [5.41, 5.74) is 0.239. The van der Waals surface area contributed by atoms with Gasteiger partial charge in [0.05, 0.1) is 12.5 Å². The molecule has 0 bridgehead atoms. The Morgan fingerprint density at radius 1 is 1.42 bits per heavy atom. The van der Waals surface area contributed by atoms with Gasteiger partial charge in [-0.25, -0.2) is 4.98 Å². The van der Waals surface area contributed by atoms with Crippen molar-refractivity contribution >= 4 is 10.9 Å². The Morgan fingerprint density at radius 3 is 2.84 bits per heavy atom. The Morgan fingerprint density at radius 2 is 2.21 bits per heavy atom. The number of benzene rings is 1. The molecule has 2 N–H and O–H groups in total. The second kappa shape index (κ2) is 5.81. The molecular weight excluding hydrogens is 248 g/mol. The molecule has 2 rings (SSSR count). The van der Waals surface area contributed by atoms with Gasteiger partial charge in [0.15, 0.2) is 0 Å². The van der Waals surface area contributed by atoms with E-state index in [-0.39, 0.29) is 12.2 Å². The lowest BCUT2D eigenvalue weighted by Crippen LogP contribution is -2.17. The summed E-state index contributed by atoms with van der Waals surface area (Å²) in [5.74, 6) is 0.919. The monoisotopic (exact) mass is 264 g/mol. The number of hydrogen-bond donors (Lipinski definition) is 2. The first-order valence-corrected chi connectivity index (χ1v) is 5.91. The average Bonchev–Trinajstić information content (AvgIpc) is 2.44. The third-order valence-corrected chi connectivity index (χ3v) is 2.92. The van der Waals surface area contributed by atoms with Gasteiger partial charge in [0, 0.05) is 20.1 Å². The lowest BCUT2D eigenvalue weighted by Gasteiger charge is -2.14. The van der Waals surface area contributed by atoms with Crippen molar-refractivity contribution in [2.45, 2.75) is 12.5 Å². The number of rotatable bonds is 5. The summed E-state index contributed by atoms with van der Waals surface area (Å²) in [6.07, 6.45) is -0.0906. The van der Waals surface area contributed by atoms with Gasteiger partial charge in [-0.2, -0.15) is 0 Å². The Kier molecular flexibility index (Phi) is 4.13. The van der Waals surface area contributed by atoms with Gasteiger partial charge in [-0.15, -0.1) is 0 Å². The second-order valence-corrected chi connectivity index (χ2v) is 4.04. The molecule has 102 valence electrons. The van der Waals surface area contributed by atoms with E-state index in [2.05, 4.69) is 9.97 Å². The number of nitrogens with zero attached hydrogens (tertiary/aromatic N) is 1. The van der Waals surface area contributed by atoms with Crippen molar-refractivity contribution in [3.63, 3.8) is 0 Å². The normalized spacial score (nSPS) is 12.6. The molecule has 6 heteroatoms. The summed E-state index contributed by atoms with van der Waals surface area (Å²) in [6, 6.07) is 5.16. The maximum atomic E-state index is 12.0. The number of aliphatic hydroxyl groups excluding tert-OH is 1. The summed E-state index contributed by atoms with van der Waals surface area (Å²) in [6.45, 7) is -0.0494.